The number of rotatable bonds is 5. The normalized spacial score (nSPS) is 13.3. The van der Waals surface area contributed by atoms with Gasteiger partial charge in [0.05, 0.1) is 18.4 Å². The highest BCUT2D eigenvalue weighted by atomic mass is 19.1. The van der Waals surface area contributed by atoms with E-state index in [4.69, 9.17) is 10.00 Å². The number of hydrogen-bond acceptors (Lipinski definition) is 3. The highest BCUT2D eigenvalue weighted by molar-refractivity contribution is 5.66. The summed E-state index contributed by atoms with van der Waals surface area (Å²) in [6.45, 7) is 10.3. The molecule has 3 nitrogen and oxygen atoms in total. The Labute approximate surface area is 149 Å². The van der Waals surface area contributed by atoms with E-state index in [1.165, 1.54) is 12.1 Å². The zero-order valence-corrected chi connectivity index (χ0v) is 15.2. The molecule has 0 atom stereocenters. The monoisotopic (exact) mass is 338 g/mol. The van der Waals surface area contributed by atoms with Crippen LogP contribution in [0.4, 0.5) is 4.39 Å². The SMILES string of the molecule is C=C(c1ccc(C#N)c(F)c1)N(C1=CC=C(OC)CC1)C(C)=C(C)C. The molecule has 0 spiro atoms. The van der Waals surface area contributed by atoms with Crippen LogP contribution in [0.1, 0.15) is 44.7 Å². The van der Waals surface area contributed by atoms with E-state index in [-0.39, 0.29) is 5.56 Å². The fraction of sp³-hybridized carbons (Fsp3) is 0.286. The molecule has 25 heavy (non-hydrogen) atoms. The maximum absolute atomic E-state index is 14.0. The molecule has 0 saturated carbocycles. The molecule has 0 aliphatic heterocycles. The third-order valence-corrected chi connectivity index (χ3v) is 4.39. The summed E-state index contributed by atoms with van der Waals surface area (Å²) in [4.78, 5) is 2.05. The predicted molar refractivity (Wildman–Crippen MR) is 98.4 cm³/mol. The topological polar surface area (TPSA) is 36.3 Å². The van der Waals surface area contributed by atoms with Gasteiger partial charge in [0, 0.05) is 29.1 Å². The number of ether oxygens (including phenoxy) is 1. The minimum absolute atomic E-state index is 0.0339. The van der Waals surface area contributed by atoms with Crippen LogP contribution in [0.2, 0.25) is 0 Å². The lowest BCUT2D eigenvalue weighted by Crippen LogP contribution is -2.21. The van der Waals surface area contributed by atoms with E-state index < -0.39 is 5.82 Å². The minimum atomic E-state index is -0.532. The smallest absolute Gasteiger partial charge is 0.141 e. The first-order valence-corrected chi connectivity index (χ1v) is 8.16. The van der Waals surface area contributed by atoms with Gasteiger partial charge in [-0.05, 0) is 51.5 Å². The number of halogens is 1. The largest absolute Gasteiger partial charge is 0.501 e. The Hall–Kier alpha value is -2.80. The minimum Gasteiger partial charge on any atom is -0.501 e. The van der Waals surface area contributed by atoms with Crippen LogP contribution in [0.25, 0.3) is 5.70 Å². The molecule has 0 heterocycles. The van der Waals surface area contributed by atoms with Crippen molar-refractivity contribution in [3.05, 3.63) is 76.6 Å². The Kier molecular flexibility index (Phi) is 5.82. The van der Waals surface area contributed by atoms with E-state index in [0.29, 0.717) is 11.3 Å². The van der Waals surface area contributed by atoms with Gasteiger partial charge in [-0.2, -0.15) is 5.26 Å². The van der Waals surface area contributed by atoms with Crippen molar-refractivity contribution in [3.63, 3.8) is 0 Å². The van der Waals surface area contributed by atoms with Crippen LogP contribution in [-0.4, -0.2) is 12.0 Å². The molecule has 0 aromatic heterocycles. The summed E-state index contributed by atoms with van der Waals surface area (Å²) in [5, 5.41) is 8.91. The molecule has 0 radical (unpaired) electrons. The molecule has 0 bridgehead atoms. The summed E-state index contributed by atoms with van der Waals surface area (Å²) in [7, 11) is 1.67. The summed E-state index contributed by atoms with van der Waals surface area (Å²) >= 11 is 0. The lowest BCUT2D eigenvalue weighted by atomic mass is 10.0. The van der Waals surface area contributed by atoms with Crippen molar-refractivity contribution in [2.75, 3.05) is 7.11 Å². The van der Waals surface area contributed by atoms with E-state index in [0.717, 1.165) is 35.6 Å². The van der Waals surface area contributed by atoms with Crippen LogP contribution in [-0.2, 0) is 4.74 Å². The van der Waals surface area contributed by atoms with Crippen molar-refractivity contribution in [2.24, 2.45) is 0 Å². The van der Waals surface area contributed by atoms with Crippen molar-refractivity contribution in [2.45, 2.75) is 33.6 Å². The van der Waals surface area contributed by atoms with Crippen molar-refractivity contribution >= 4 is 5.70 Å². The van der Waals surface area contributed by atoms with Crippen molar-refractivity contribution < 1.29 is 9.13 Å². The molecule has 0 amide bonds. The van der Waals surface area contributed by atoms with Gasteiger partial charge in [-0.15, -0.1) is 0 Å². The summed E-state index contributed by atoms with van der Waals surface area (Å²) in [6.07, 6.45) is 5.59. The number of benzene rings is 1. The predicted octanol–water partition coefficient (Wildman–Crippen LogP) is 5.49. The Morgan fingerprint density at radius 1 is 1.24 bits per heavy atom. The molecule has 1 aromatic rings. The van der Waals surface area contributed by atoms with E-state index in [1.54, 1.807) is 13.2 Å². The number of methoxy groups -OCH3 is 1. The molecule has 0 fully saturated rings. The number of hydrogen-bond donors (Lipinski definition) is 0. The average molecular weight is 338 g/mol. The van der Waals surface area contributed by atoms with Gasteiger partial charge in [-0.1, -0.05) is 18.2 Å². The highest BCUT2D eigenvalue weighted by Crippen LogP contribution is 2.33. The molecular weight excluding hydrogens is 315 g/mol. The molecule has 1 aliphatic rings. The third-order valence-electron chi connectivity index (χ3n) is 4.39. The fourth-order valence-electron chi connectivity index (χ4n) is 2.69. The van der Waals surface area contributed by atoms with Gasteiger partial charge in [0.25, 0.3) is 0 Å². The van der Waals surface area contributed by atoms with Gasteiger partial charge in [0.15, 0.2) is 0 Å². The molecule has 0 saturated heterocycles. The molecular formula is C21H23FN2O. The van der Waals surface area contributed by atoms with Crippen LogP contribution in [0, 0.1) is 17.1 Å². The van der Waals surface area contributed by atoms with Crippen LogP contribution < -0.4 is 0 Å². The van der Waals surface area contributed by atoms with Gasteiger partial charge in [-0.3, -0.25) is 0 Å². The van der Waals surface area contributed by atoms with Crippen molar-refractivity contribution in [3.8, 4) is 6.07 Å². The molecule has 1 aromatic carbocycles. The van der Waals surface area contributed by atoms with Gasteiger partial charge in [0.1, 0.15) is 11.9 Å². The number of allylic oxidation sites excluding steroid dienone is 6. The molecule has 0 unspecified atom stereocenters. The van der Waals surface area contributed by atoms with Crippen LogP contribution >= 0.6 is 0 Å². The van der Waals surface area contributed by atoms with Gasteiger partial charge in [0.2, 0.25) is 0 Å². The maximum Gasteiger partial charge on any atom is 0.141 e. The van der Waals surface area contributed by atoms with Crippen LogP contribution in [0.15, 0.2) is 59.7 Å². The first-order chi connectivity index (χ1) is 11.9. The van der Waals surface area contributed by atoms with E-state index >= 15 is 0 Å². The zero-order valence-electron chi connectivity index (χ0n) is 15.2. The highest BCUT2D eigenvalue weighted by Gasteiger charge is 2.20. The number of nitrogens with zero attached hydrogens (tertiary/aromatic N) is 2. The Morgan fingerprint density at radius 3 is 2.44 bits per heavy atom. The first kappa shape index (κ1) is 18.5. The van der Waals surface area contributed by atoms with E-state index in [1.807, 2.05) is 39.0 Å². The third kappa shape index (κ3) is 4.00. The summed E-state index contributed by atoms with van der Waals surface area (Å²) < 4.78 is 19.3. The van der Waals surface area contributed by atoms with Gasteiger partial charge >= 0.3 is 0 Å². The molecule has 130 valence electrons. The van der Waals surface area contributed by atoms with Crippen molar-refractivity contribution in [1.29, 1.82) is 5.26 Å². The van der Waals surface area contributed by atoms with Gasteiger partial charge in [-0.25, -0.2) is 4.39 Å². The molecule has 1 aliphatic carbocycles. The maximum atomic E-state index is 14.0. The second-order valence-electron chi connectivity index (χ2n) is 6.17. The summed E-state index contributed by atoms with van der Waals surface area (Å²) in [6, 6.07) is 6.43. The molecule has 2 rings (SSSR count). The quantitative estimate of drug-likeness (QED) is 0.712. The van der Waals surface area contributed by atoms with Crippen LogP contribution in [0.3, 0.4) is 0 Å². The summed E-state index contributed by atoms with van der Waals surface area (Å²) in [5.74, 6) is 0.406. The van der Waals surface area contributed by atoms with Gasteiger partial charge < -0.3 is 9.64 Å². The van der Waals surface area contributed by atoms with E-state index in [2.05, 4.69) is 11.5 Å². The fourth-order valence-corrected chi connectivity index (χ4v) is 2.69. The van der Waals surface area contributed by atoms with Crippen LogP contribution in [0.5, 0.6) is 0 Å². The van der Waals surface area contributed by atoms with Crippen molar-refractivity contribution in [1.82, 2.24) is 4.90 Å². The second-order valence-corrected chi connectivity index (χ2v) is 6.17. The average Bonchev–Trinajstić information content (AvgIpc) is 2.62. The zero-order chi connectivity index (χ0) is 18.6. The molecule has 0 N–H and O–H groups in total. The Balaban J connectivity index is 2.47. The second kappa shape index (κ2) is 7.85. The standard InChI is InChI=1S/C21H23FN2O/c1-14(2)15(3)24(19-8-10-20(25-5)11-9-19)16(4)17-6-7-18(13-23)21(22)12-17/h6-8,10,12H,4,9,11H2,1-3,5H3. The summed E-state index contributed by atoms with van der Waals surface area (Å²) in [5.41, 5.74) is 4.65. The Bertz CT molecular complexity index is 821. The lowest BCUT2D eigenvalue weighted by Gasteiger charge is -2.32. The first-order valence-electron chi connectivity index (χ1n) is 8.16. The number of nitriles is 1. The lowest BCUT2D eigenvalue weighted by molar-refractivity contribution is 0.273. The molecule has 4 heteroatoms. The Morgan fingerprint density at radius 2 is 1.96 bits per heavy atom. The van der Waals surface area contributed by atoms with E-state index in [9.17, 15) is 4.39 Å².